The molecule has 0 bridgehead atoms. The number of nitrogens with zero attached hydrogens (tertiary/aromatic N) is 2. The molecular formula is C23H21F3N4O2. The van der Waals surface area contributed by atoms with Gasteiger partial charge in [-0.3, -0.25) is 9.59 Å². The molecule has 2 N–H and O–H groups in total. The highest BCUT2D eigenvalue weighted by Crippen LogP contribution is 2.26. The number of anilines is 1. The number of rotatable bonds is 5. The lowest BCUT2D eigenvalue weighted by atomic mass is 9.85. The maximum absolute atomic E-state index is 13.9. The number of aromatic nitrogens is 2. The van der Waals surface area contributed by atoms with Gasteiger partial charge in [-0.1, -0.05) is 18.2 Å². The van der Waals surface area contributed by atoms with E-state index >= 15 is 0 Å². The highest BCUT2D eigenvalue weighted by atomic mass is 19.2. The number of halogens is 3. The van der Waals surface area contributed by atoms with Gasteiger partial charge >= 0.3 is 0 Å². The van der Waals surface area contributed by atoms with Crippen molar-refractivity contribution in [2.24, 2.45) is 5.92 Å². The fourth-order valence-electron chi connectivity index (χ4n) is 3.83. The van der Waals surface area contributed by atoms with Crippen LogP contribution in [0.4, 0.5) is 19.0 Å². The first-order valence-electron chi connectivity index (χ1n) is 10.3. The van der Waals surface area contributed by atoms with Gasteiger partial charge in [-0.2, -0.15) is 0 Å². The summed E-state index contributed by atoms with van der Waals surface area (Å²) < 4.78 is 42.4. The predicted octanol–water partition coefficient (Wildman–Crippen LogP) is 4.22. The van der Waals surface area contributed by atoms with Crippen LogP contribution >= 0.6 is 0 Å². The van der Waals surface area contributed by atoms with Crippen LogP contribution < -0.4 is 10.6 Å². The lowest BCUT2D eigenvalue weighted by Crippen LogP contribution is -2.40. The summed E-state index contributed by atoms with van der Waals surface area (Å²) >= 11 is 0. The molecule has 32 heavy (non-hydrogen) atoms. The third kappa shape index (κ3) is 4.66. The summed E-state index contributed by atoms with van der Waals surface area (Å²) in [6, 6.07) is 11.0. The zero-order valence-electron chi connectivity index (χ0n) is 17.0. The Morgan fingerprint density at radius 3 is 2.38 bits per heavy atom. The van der Waals surface area contributed by atoms with E-state index in [0.717, 1.165) is 6.07 Å². The van der Waals surface area contributed by atoms with Gasteiger partial charge in [0, 0.05) is 24.2 Å². The van der Waals surface area contributed by atoms with Crippen molar-refractivity contribution in [2.45, 2.75) is 31.7 Å². The molecule has 1 saturated carbocycles. The Morgan fingerprint density at radius 2 is 1.62 bits per heavy atom. The monoisotopic (exact) mass is 442 g/mol. The second-order valence-electron chi connectivity index (χ2n) is 7.71. The van der Waals surface area contributed by atoms with Gasteiger partial charge < -0.3 is 10.6 Å². The number of hydrogen-bond acceptors (Lipinski definition) is 3. The van der Waals surface area contributed by atoms with Crippen molar-refractivity contribution in [3.63, 3.8) is 0 Å². The van der Waals surface area contributed by atoms with Crippen molar-refractivity contribution in [3.05, 3.63) is 77.7 Å². The molecule has 0 atom stereocenters. The molecule has 0 saturated heterocycles. The molecule has 0 aliphatic heterocycles. The van der Waals surface area contributed by atoms with E-state index in [0.29, 0.717) is 31.5 Å². The minimum absolute atomic E-state index is 0.204. The molecule has 0 unspecified atom stereocenters. The van der Waals surface area contributed by atoms with E-state index < -0.39 is 23.4 Å². The molecular weight excluding hydrogens is 421 g/mol. The molecule has 4 rings (SSSR count). The summed E-state index contributed by atoms with van der Waals surface area (Å²) in [6.07, 6.45) is 3.67. The number of amides is 2. The van der Waals surface area contributed by atoms with Crippen LogP contribution in [-0.2, 0) is 4.79 Å². The van der Waals surface area contributed by atoms with Crippen LogP contribution in [0.2, 0.25) is 0 Å². The molecule has 1 aliphatic rings. The van der Waals surface area contributed by atoms with Crippen LogP contribution in [0, 0.1) is 23.4 Å². The summed E-state index contributed by atoms with van der Waals surface area (Å²) in [7, 11) is 0. The minimum atomic E-state index is -1.17. The normalized spacial score (nSPS) is 18.2. The first-order valence-corrected chi connectivity index (χ1v) is 10.3. The van der Waals surface area contributed by atoms with Crippen molar-refractivity contribution >= 4 is 17.6 Å². The van der Waals surface area contributed by atoms with Gasteiger partial charge in [-0.05, 0) is 49.9 Å². The smallest absolute Gasteiger partial charge is 0.254 e. The number of benzene rings is 2. The van der Waals surface area contributed by atoms with Crippen LogP contribution in [-0.4, -0.2) is 27.6 Å². The third-order valence-electron chi connectivity index (χ3n) is 5.57. The lowest BCUT2D eigenvalue weighted by molar-refractivity contribution is -0.120. The number of carbonyl (C=O) groups excluding carboxylic acids is 2. The molecule has 1 aromatic heterocycles. The summed E-state index contributed by atoms with van der Waals surface area (Å²) in [6.45, 7) is 0. The second-order valence-corrected chi connectivity index (χ2v) is 7.71. The zero-order valence-corrected chi connectivity index (χ0v) is 17.0. The fourth-order valence-corrected chi connectivity index (χ4v) is 3.83. The standard InChI is InChI=1S/C23H21F3N4O2/c24-17-5-1-2-7-19(17)30-13-12-20(29-30)28-22(31)14-8-10-15(11-9-14)27-23(32)16-4-3-6-18(25)21(16)26/h1-7,12-15H,8-11H2,(H,27,32)(H,28,29,31). The maximum atomic E-state index is 13.9. The Kier molecular flexibility index (Phi) is 6.25. The van der Waals surface area contributed by atoms with E-state index in [2.05, 4.69) is 15.7 Å². The number of para-hydroxylation sites is 1. The summed E-state index contributed by atoms with van der Waals surface area (Å²) in [5.41, 5.74) is -0.0608. The molecule has 2 amide bonds. The fraction of sp³-hybridized carbons (Fsp3) is 0.261. The average molecular weight is 442 g/mol. The van der Waals surface area contributed by atoms with Gasteiger partial charge in [0.2, 0.25) is 5.91 Å². The van der Waals surface area contributed by atoms with Crippen LogP contribution in [0.25, 0.3) is 5.69 Å². The third-order valence-corrected chi connectivity index (χ3v) is 5.57. The molecule has 6 nitrogen and oxygen atoms in total. The van der Waals surface area contributed by atoms with E-state index in [1.165, 1.54) is 22.9 Å². The van der Waals surface area contributed by atoms with Crippen LogP contribution in [0.1, 0.15) is 36.0 Å². The van der Waals surface area contributed by atoms with E-state index in [9.17, 15) is 22.8 Å². The Morgan fingerprint density at radius 1 is 0.906 bits per heavy atom. The van der Waals surface area contributed by atoms with Gasteiger partial charge in [0.25, 0.3) is 5.91 Å². The van der Waals surface area contributed by atoms with E-state index in [1.54, 1.807) is 30.5 Å². The van der Waals surface area contributed by atoms with Crippen molar-refractivity contribution < 1.29 is 22.8 Å². The molecule has 0 spiro atoms. The van der Waals surface area contributed by atoms with Gasteiger partial charge in [0.15, 0.2) is 17.5 Å². The van der Waals surface area contributed by atoms with Crippen molar-refractivity contribution in [1.29, 1.82) is 0 Å². The van der Waals surface area contributed by atoms with Crippen molar-refractivity contribution in [2.75, 3.05) is 5.32 Å². The van der Waals surface area contributed by atoms with Crippen molar-refractivity contribution in [1.82, 2.24) is 15.1 Å². The minimum Gasteiger partial charge on any atom is -0.349 e. The molecule has 1 aliphatic carbocycles. The number of carbonyl (C=O) groups is 2. The van der Waals surface area contributed by atoms with E-state index in [-0.39, 0.29) is 29.1 Å². The molecule has 3 aromatic rings. The highest BCUT2D eigenvalue weighted by Gasteiger charge is 2.28. The topological polar surface area (TPSA) is 76.0 Å². The van der Waals surface area contributed by atoms with Gasteiger partial charge in [-0.25, -0.2) is 17.9 Å². The number of nitrogens with one attached hydrogen (secondary N) is 2. The largest absolute Gasteiger partial charge is 0.349 e. The van der Waals surface area contributed by atoms with Crippen LogP contribution in [0.5, 0.6) is 0 Å². The Bertz CT molecular complexity index is 1140. The summed E-state index contributed by atoms with van der Waals surface area (Å²) in [5.74, 6) is -3.50. The Labute approximate surface area is 182 Å². The average Bonchev–Trinajstić information content (AvgIpc) is 3.24. The van der Waals surface area contributed by atoms with E-state index in [4.69, 9.17) is 0 Å². The Hall–Kier alpha value is -3.62. The molecule has 2 aromatic carbocycles. The second kappa shape index (κ2) is 9.25. The lowest BCUT2D eigenvalue weighted by Gasteiger charge is -2.28. The van der Waals surface area contributed by atoms with E-state index in [1.807, 2.05) is 0 Å². The summed E-state index contributed by atoms with van der Waals surface area (Å²) in [5, 5.41) is 9.66. The molecule has 166 valence electrons. The molecule has 9 heteroatoms. The molecule has 1 fully saturated rings. The van der Waals surface area contributed by atoms with Crippen LogP contribution in [0.3, 0.4) is 0 Å². The van der Waals surface area contributed by atoms with Gasteiger partial charge in [0.1, 0.15) is 11.5 Å². The number of hydrogen-bond donors (Lipinski definition) is 2. The van der Waals surface area contributed by atoms with Gasteiger partial charge in [-0.15, -0.1) is 5.10 Å². The molecule has 1 heterocycles. The van der Waals surface area contributed by atoms with Crippen LogP contribution in [0.15, 0.2) is 54.7 Å². The predicted molar refractivity (Wildman–Crippen MR) is 112 cm³/mol. The highest BCUT2D eigenvalue weighted by molar-refractivity contribution is 5.95. The maximum Gasteiger partial charge on any atom is 0.254 e. The summed E-state index contributed by atoms with van der Waals surface area (Å²) in [4.78, 5) is 24.9. The molecule has 0 radical (unpaired) electrons. The SMILES string of the molecule is O=C(NC1CCC(C(=O)Nc2ccn(-c3ccccc3F)n2)CC1)c1cccc(F)c1F. The van der Waals surface area contributed by atoms with Gasteiger partial charge in [0.05, 0.1) is 5.56 Å². The first-order chi connectivity index (χ1) is 15.4. The van der Waals surface area contributed by atoms with Crippen molar-refractivity contribution in [3.8, 4) is 5.69 Å². The Balaban J connectivity index is 1.30. The first kappa shape index (κ1) is 21.6. The quantitative estimate of drug-likeness (QED) is 0.621. The zero-order chi connectivity index (χ0) is 22.7.